The van der Waals surface area contributed by atoms with Crippen LogP contribution in [0.3, 0.4) is 0 Å². The maximum absolute atomic E-state index is 13.1. The van der Waals surface area contributed by atoms with Crippen molar-refractivity contribution in [3.8, 4) is 11.4 Å². The average molecular weight is 304 g/mol. The minimum absolute atomic E-state index is 0.232. The standard InChI is InChI=1S/C12H12Cl2FN3O/c1-19-5-4-18-11(7-13)16-17-12(18)9-3-2-8(15)6-10(9)14/h2-3,6H,4-5,7H2,1H3. The molecule has 0 spiro atoms. The fourth-order valence-corrected chi connectivity index (χ4v) is 2.17. The van der Waals surface area contributed by atoms with Crippen LogP contribution in [0.2, 0.25) is 5.02 Å². The van der Waals surface area contributed by atoms with Crippen LogP contribution in [0.25, 0.3) is 11.4 Å². The second-order valence-corrected chi connectivity index (χ2v) is 4.52. The first-order chi connectivity index (χ1) is 9.17. The number of rotatable bonds is 5. The van der Waals surface area contributed by atoms with Crippen molar-refractivity contribution in [1.82, 2.24) is 14.8 Å². The average Bonchev–Trinajstić information content (AvgIpc) is 2.79. The first kappa shape index (κ1) is 14.2. The van der Waals surface area contributed by atoms with Gasteiger partial charge in [-0.25, -0.2) is 4.39 Å². The highest BCUT2D eigenvalue weighted by Crippen LogP contribution is 2.28. The predicted molar refractivity (Wildman–Crippen MR) is 71.9 cm³/mol. The number of aromatic nitrogens is 3. The molecule has 0 amide bonds. The molecule has 7 heteroatoms. The molecule has 0 fully saturated rings. The zero-order valence-electron chi connectivity index (χ0n) is 10.2. The molecule has 0 aliphatic carbocycles. The molecule has 4 nitrogen and oxygen atoms in total. The highest BCUT2D eigenvalue weighted by Gasteiger charge is 2.15. The van der Waals surface area contributed by atoms with Gasteiger partial charge in [0, 0.05) is 19.2 Å². The van der Waals surface area contributed by atoms with Crippen molar-refractivity contribution < 1.29 is 9.13 Å². The molecule has 2 aromatic rings. The summed E-state index contributed by atoms with van der Waals surface area (Å²) < 4.78 is 19.9. The minimum Gasteiger partial charge on any atom is -0.383 e. The molecule has 0 atom stereocenters. The predicted octanol–water partition coefficient (Wildman–Crippen LogP) is 3.12. The highest BCUT2D eigenvalue weighted by molar-refractivity contribution is 6.33. The van der Waals surface area contributed by atoms with Gasteiger partial charge in [0.25, 0.3) is 0 Å². The maximum atomic E-state index is 13.1. The molecule has 0 radical (unpaired) electrons. The van der Waals surface area contributed by atoms with Crippen molar-refractivity contribution in [2.75, 3.05) is 13.7 Å². The van der Waals surface area contributed by atoms with Crippen LogP contribution in [-0.2, 0) is 17.2 Å². The number of hydrogen-bond donors (Lipinski definition) is 0. The first-order valence-corrected chi connectivity index (χ1v) is 6.51. The molecule has 102 valence electrons. The molecule has 0 aliphatic rings. The summed E-state index contributed by atoms with van der Waals surface area (Å²) in [7, 11) is 1.61. The molecule has 1 aromatic heterocycles. The van der Waals surface area contributed by atoms with Gasteiger partial charge < -0.3 is 9.30 Å². The lowest BCUT2D eigenvalue weighted by Crippen LogP contribution is -2.09. The largest absolute Gasteiger partial charge is 0.383 e. The maximum Gasteiger partial charge on any atom is 0.165 e. The molecule has 2 rings (SSSR count). The minimum atomic E-state index is -0.394. The highest BCUT2D eigenvalue weighted by atomic mass is 35.5. The van der Waals surface area contributed by atoms with Crippen molar-refractivity contribution in [2.45, 2.75) is 12.4 Å². The zero-order valence-corrected chi connectivity index (χ0v) is 11.7. The third-order valence-electron chi connectivity index (χ3n) is 2.64. The summed E-state index contributed by atoms with van der Waals surface area (Å²) in [5.74, 6) is 1.01. The van der Waals surface area contributed by atoms with E-state index in [1.807, 2.05) is 4.57 Å². The van der Waals surface area contributed by atoms with E-state index in [4.69, 9.17) is 27.9 Å². The molecule has 0 unspecified atom stereocenters. The Bertz CT molecular complexity index is 574. The molecule has 0 aliphatic heterocycles. The molecule has 1 aromatic carbocycles. The van der Waals surface area contributed by atoms with E-state index >= 15 is 0 Å². The number of alkyl halides is 1. The van der Waals surface area contributed by atoms with Crippen LogP contribution in [0.5, 0.6) is 0 Å². The summed E-state index contributed by atoms with van der Waals surface area (Å²) in [4.78, 5) is 0. The van der Waals surface area contributed by atoms with Crippen molar-refractivity contribution in [3.05, 3.63) is 34.9 Å². The van der Waals surface area contributed by atoms with E-state index in [0.717, 1.165) is 0 Å². The van der Waals surface area contributed by atoms with Crippen LogP contribution in [-0.4, -0.2) is 28.5 Å². The molecule has 0 saturated heterocycles. The molecule has 1 heterocycles. The van der Waals surface area contributed by atoms with Gasteiger partial charge in [0.05, 0.1) is 17.5 Å². The number of methoxy groups -OCH3 is 1. The van der Waals surface area contributed by atoms with Crippen LogP contribution >= 0.6 is 23.2 Å². The van der Waals surface area contributed by atoms with Gasteiger partial charge in [-0.3, -0.25) is 0 Å². The number of hydrogen-bond acceptors (Lipinski definition) is 3. The molecule has 0 saturated carbocycles. The van der Waals surface area contributed by atoms with E-state index in [1.165, 1.54) is 12.1 Å². The third-order valence-corrected chi connectivity index (χ3v) is 3.19. The van der Waals surface area contributed by atoms with E-state index < -0.39 is 5.82 Å². The topological polar surface area (TPSA) is 39.9 Å². The first-order valence-electron chi connectivity index (χ1n) is 5.59. The van der Waals surface area contributed by atoms with E-state index in [2.05, 4.69) is 10.2 Å². The monoisotopic (exact) mass is 303 g/mol. The van der Waals surface area contributed by atoms with Gasteiger partial charge in [-0.15, -0.1) is 21.8 Å². The van der Waals surface area contributed by atoms with E-state index in [0.29, 0.717) is 30.4 Å². The Morgan fingerprint density at radius 2 is 2.16 bits per heavy atom. The van der Waals surface area contributed by atoms with Gasteiger partial charge >= 0.3 is 0 Å². The summed E-state index contributed by atoms with van der Waals surface area (Å²) in [6.07, 6.45) is 0. The second kappa shape index (κ2) is 6.32. The lowest BCUT2D eigenvalue weighted by molar-refractivity contribution is 0.187. The Morgan fingerprint density at radius 1 is 1.37 bits per heavy atom. The Kier molecular flexibility index (Phi) is 4.74. The Balaban J connectivity index is 2.46. The van der Waals surface area contributed by atoms with Gasteiger partial charge in [-0.1, -0.05) is 11.6 Å². The van der Waals surface area contributed by atoms with E-state index in [1.54, 1.807) is 13.2 Å². The normalized spacial score (nSPS) is 10.9. The molecular weight excluding hydrogens is 292 g/mol. The van der Waals surface area contributed by atoms with Crippen molar-refractivity contribution >= 4 is 23.2 Å². The van der Waals surface area contributed by atoms with Gasteiger partial charge in [0.2, 0.25) is 0 Å². The summed E-state index contributed by atoms with van der Waals surface area (Å²) in [5, 5.41) is 8.35. The van der Waals surface area contributed by atoms with E-state index in [-0.39, 0.29) is 10.9 Å². The smallest absolute Gasteiger partial charge is 0.165 e. The van der Waals surface area contributed by atoms with Gasteiger partial charge in [-0.2, -0.15) is 0 Å². The summed E-state index contributed by atoms with van der Waals surface area (Å²) in [5.41, 5.74) is 0.614. The number of ether oxygens (including phenoxy) is 1. The molecule has 0 N–H and O–H groups in total. The van der Waals surface area contributed by atoms with Gasteiger partial charge in [-0.05, 0) is 18.2 Å². The molecule has 0 bridgehead atoms. The Labute approximate surface area is 120 Å². The molecular formula is C12H12Cl2FN3O. The lowest BCUT2D eigenvalue weighted by Gasteiger charge is -2.09. The SMILES string of the molecule is COCCn1c(CCl)nnc1-c1ccc(F)cc1Cl. The van der Waals surface area contributed by atoms with Crippen molar-refractivity contribution in [2.24, 2.45) is 0 Å². The fraction of sp³-hybridized carbons (Fsp3) is 0.333. The summed E-state index contributed by atoms with van der Waals surface area (Å²) >= 11 is 11.9. The fourth-order valence-electron chi connectivity index (χ4n) is 1.72. The van der Waals surface area contributed by atoms with Crippen LogP contribution in [0.15, 0.2) is 18.2 Å². The quantitative estimate of drug-likeness (QED) is 0.797. The van der Waals surface area contributed by atoms with Crippen molar-refractivity contribution in [3.63, 3.8) is 0 Å². The Morgan fingerprint density at radius 3 is 2.79 bits per heavy atom. The third kappa shape index (κ3) is 3.05. The van der Waals surface area contributed by atoms with Crippen LogP contribution in [0.4, 0.5) is 4.39 Å². The number of halogens is 3. The molecule has 19 heavy (non-hydrogen) atoms. The summed E-state index contributed by atoms with van der Waals surface area (Å²) in [6, 6.07) is 4.15. The lowest BCUT2D eigenvalue weighted by atomic mass is 10.2. The van der Waals surface area contributed by atoms with Gasteiger partial charge in [0.1, 0.15) is 11.6 Å². The van der Waals surface area contributed by atoms with Crippen molar-refractivity contribution in [1.29, 1.82) is 0 Å². The number of nitrogens with zero attached hydrogens (tertiary/aromatic N) is 3. The number of benzene rings is 1. The van der Waals surface area contributed by atoms with E-state index in [9.17, 15) is 4.39 Å². The zero-order chi connectivity index (χ0) is 13.8. The van der Waals surface area contributed by atoms with Crippen LogP contribution in [0.1, 0.15) is 5.82 Å². The summed E-state index contributed by atoms with van der Waals surface area (Å²) in [6.45, 7) is 1.04. The Hall–Kier alpha value is -1.17. The second-order valence-electron chi connectivity index (χ2n) is 3.84. The van der Waals surface area contributed by atoms with Crippen LogP contribution < -0.4 is 0 Å². The van der Waals surface area contributed by atoms with Gasteiger partial charge in [0.15, 0.2) is 5.82 Å². The van der Waals surface area contributed by atoms with Crippen LogP contribution in [0, 0.1) is 5.82 Å².